The number of carbonyl (C=O) groups excluding carboxylic acids is 1. The highest BCUT2D eigenvalue weighted by molar-refractivity contribution is 5.89. The molecule has 1 rings (SSSR count). The van der Waals surface area contributed by atoms with Crippen LogP contribution >= 0.6 is 0 Å². The van der Waals surface area contributed by atoms with Gasteiger partial charge in [0.15, 0.2) is 0 Å². The van der Waals surface area contributed by atoms with E-state index in [1.807, 2.05) is 13.8 Å². The summed E-state index contributed by atoms with van der Waals surface area (Å²) in [6.45, 7) is 4.04. The van der Waals surface area contributed by atoms with E-state index in [4.69, 9.17) is 9.84 Å². The van der Waals surface area contributed by atoms with E-state index in [1.165, 1.54) is 4.90 Å². The highest BCUT2D eigenvalue weighted by atomic mass is 16.5. The molecule has 0 unspecified atom stereocenters. The zero-order valence-corrected chi connectivity index (χ0v) is 11.9. The van der Waals surface area contributed by atoms with Crippen LogP contribution in [0.3, 0.4) is 0 Å². The maximum absolute atomic E-state index is 11.8. The summed E-state index contributed by atoms with van der Waals surface area (Å²) in [5.74, 6) is -0.197. The molecule has 0 bridgehead atoms. The number of carboxylic acid groups (broad SMARTS) is 1. The summed E-state index contributed by atoms with van der Waals surface area (Å²) in [5, 5.41) is 11.2. The molecule has 0 heterocycles. The van der Waals surface area contributed by atoms with Crippen molar-refractivity contribution in [2.75, 3.05) is 18.9 Å². The van der Waals surface area contributed by atoms with Crippen LogP contribution in [-0.4, -0.2) is 41.7 Å². The number of hydrogen-bond acceptors (Lipinski definition) is 3. The van der Waals surface area contributed by atoms with Crippen LogP contribution in [0, 0.1) is 0 Å². The van der Waals surface area contributed by atoms with E-state index in [0.29, 0.717) is 5.69 Å². The molecule has 0 aromatic heterocycles. The van der Waals surface area contributed by atoms with Crippen LogP contribution in [0.1, 0.15) is 20.3 Å². The first kappa shape index (κ1) is 15.8. The lowest BCUT2D eigenvalue weighted by Crippen LogP contribution is -2.33. The minimum absolute atomic E-state index is 0.0783. The van der Waals surface area contributed by atoms with Crippen LogP contribution in [0.2, 0.25) is 0 Å². The summed E-state index contributed by atoms with van der Waals surface area (Å²) in [7, 11) is 1.55. The van der Waals surface area contributed by atoms with Crippen molar-refractivity contribution in [2.45, 2.75) is 26.4 Å². The van der Waals surface area contributed by atoms with Crippen LogP contribution in [0.5, 0.6) is 5.75 Å². The van der Waals surface area contributed by atoms with E-state index in [0.717, 1.165) is 5.75 Å². The summed E-state index contributed by atoms with van der Waals surface area (Å²) < 4.78 is 5.50. The summed E-state index contributed by atoms with van der Waals surface area (Å²) in [6.07, 6.45) is 0.0167. The number of carbonyl (C=O) groups is 2. The number of benzene rings is 1. The monoisotopic (exact) mass is 280 g/mol. The average molecular weight is 280 g/mol. The minimum atomic E-state index is -0.931. The zero-order chi connectivity index (χ0) is 15.1. The molecular formula is C14H20N2O4. The number of hydrogen-bond donors (Lipinski definition) is 2. The molecule has 0 atom stereocenters. The van der Waals surface area contributed by atoms with Crippen LogP contribution in [0.25, 0.3) is 0 Å². The number of amides is 2. The van der Waals surface area contributed by atoms with E-state index in [1.54, 1.807) is 31.3 Å². The lowest BCUT2D eigenvalue weighted by molar-refractivity contribution is -0.137. The summed E-state index contributed by atoms with van der Waals surface area (Å²) in [5.41, 5.74) is 0.633. The van der Waals surface area contributed by atoms with Crippen molar-refractivity contribution in [1.82, 2.24) is 4.90 Å². The fraction of sp³-hybridized carbons (Fsp3) is 0.429. The van der Waals surface area contributed by atoms with Gasteiger partial charge in [-0.3, -0.25) is 4.79 Å². The number of nitrogens with zero attached hydrogens (tertiary/aromatic N) is 1. The lowest BCUT2D eigenvalue weighted by atomic mass is 10.3. The zero-order valence-electron chi connectivity index (χ0n) is 11.9. The topological polar surface area (TPSA) is 78.9 Å². The summed E-state index contributed by atoms with van der Waals surface area (Å²) >= 11 is 0. The summed E-state index contributed by atoms with van der Waals surface area (Å²) in [4.78, 5) is 23.5. The van der Waals surface area contributed by atoms with Crippen molar-refractivity contribution < 1.29 is 19.4 Å². The SMILES string of the molecule is CC(C)Oc1ccc(NC(=O)N(C)CCC(=O)O)cc1. The first-order valence-electron chi connectivity index (χ1n) is 6.39. The van der Waals surface area contributed by atoms with Gasteiger partial charge in [-0.25, -0.2) is 4.79 Å². The smallest absolute Gasteiger partial charge is 0.321 e. The number of urea groups is 1. The molecule has 6 heteroatoms. The molecule has 0 radical (unpaired) electrons. The van der Waals surface area contributed by atoms with Gasteiger partial charge in [0.2, 0.25) is 0 Å². The molecule has 20 heavy (non-hydrogen) atoms. The van der Waals surface area contributed by atoms with Crippen LogP contribution in [0.15, 0.2) is 24.3 Å². The van der Waals surface area contributed by atoms with Gasteiger partial charge in [0.25, 0.3) is 0 Å². The number of nitrogens with one attached hydrogen (secondary N) is 1. The average Bonchev–Trinajstić information content (AvgIpc) is 2.37. The fourth-order valence-electron chi connectivity index (χ4n) is 1.47. The first-order valence-corrected chi connectivity index (χ1v) is 6.39. The third-order valence-corrected chi connectivity index (χ3v) is 2.49. The minimum Gasteiger partial charge on any atom is -0.491 e. The predicted molar refractivity (Wildman–Crippen MR) is 76.1 cm³/mol. The maximum atomic E-state index is 11.8. The van der Waals surface area contributed by atoms with E-state index in [2.05, 4.69) is 5.32 Å². The van der Waals surface area contributed by atoms with E-state index in [9.17, 15) is 9.59 Å². The Kier molecular flexibility index (Phi) is 5.83. The Labute approximate surface area is 118 Å². The molecule has 6 nitrogen and oxygen atoms in total. The number of anilines is 1. The molecule has 0 aliphatic rings. The van der Waals surface area contributed by atoms with Gasteiger partial charge < -0.3 is 20.1 Å². The van der Waals surface area contributed by atoms with Crippen molar-refractivity contribution in [3.63, 3.8) is 0 Å². The fourth-order valence-corrected chi connectivity index (χ4v) is 1.47. The third-order valence-electron chi connectivity index (χ3n) is 2.49. The van der Waals surface area contributed by atoms with Gasteiger partial charge in [0, 0.05) is 19.3 Å². The Morgan fingerprint density at radius 3 is 2.40 bits per heavy atom. The lowest BCUT2D eigenvalue weighted by Gasteiger charge is -2.17. The van der Waals surface area contributed by atoms with Gasteiger partial charge >= 0.3 is 12.0 Å². The van der Waals surface area contributed by atoms with Crippen molar-refractivity contribution in [2.24, 2.45) is 0 Å². The van der Waals surface area contributed by atoms with Gasteiger partial charge in [-0.15, -0.1) is 0 Å². The van der Waals surface area contributed by atoms with E-state index in [-0.39, 0.29) is 25.1 Å². The molecule has 1 aromatic carbocycles. The molecule has 0 aliphatic carbocycles. The molecule has 1 aromatic rings. The van der Waals surface area contributed by atoms with Gasteiger partial charge in [0.1, 0.15) is 5.75 Å². The highest BCUT2D eigenvalue weighted by Crippen LogP contribution is 2.17. The Morgan fingerprint density at radius 1 is 1.30 bits per heavy atom. The quantitative estimate of drug-likeness (QED) is 0.838. The largest absolute Gasteiger partial charge is 0.491 e. The molecule has 0 spiro atoms. The Morgan fingerprint density at radius 2 is 1.90 bits per heavy atom. The van der Waals surface area contributed by atoms with Gasteiger partial charge in [-0.2, -0.15) is 0 Å². The third kappa shape index (κ3) is 5.60. The highest BCUT2D eigenvalue weighted by Gasteiger charge is 2.10. The second kappa shape index (κ2) is 7.37. The molecule has 2 N–H and O–H groups in total. The van der Waals surface area contributed by atoms with E-state index >= 15 is 0 Å². The van der Waals surface area contributed by atoms with Gasteiger partial charge in [0.05, 0.1) is 12.5 Å². The van der Waals surface area contributed by atoms with Crippen molar-refractivity contribution >= 4 is 17.7 Å². The number of carboxylic acids is 1. The summed E-state index contributed by atoms with van der Waals surface area (Å²) in [6, 6.07) is 6.67. The van der Waals surface area contributed by atoms with Crippen molar-refractivity contribution in [1.29, 1.82) is 0 Å². The van der Waals surface area contributed by atoms with Gasteiger partial charge in [-0.1, -0.05) is 0 Å². The van der Waals surface area contributed by atoms with Crippen molar-refractivity contribution in [3.05, 3.63) is 24.3 Å². The Hall–Kier alpha value is -2.24. The molecule has 0 saturated carbocycles. The molecular weight excluding hydrogens is 260 g/mol. The standard InChI is InChI=1S/C14H20N2O4/c1-10(2)20-12-6-4-11(5-7-12)15-14(19)16(3)9-8-13(17)18/h4-7,10H,8-9H2,1-3H3,(H,15,19)(H,17,18). The maximum Gasteiger partial charge on any atom is 0.321 e. The van der Waals surface area contributed by atoms with Crippen LogP contribution in [0.4, 0.5) is 10.5 Å². The molecule has 0 aliphatic heterocycles. The number of rotatable bonds is 6. The first-order chi connectivity index (χ1) is 9.38. The van der Waals surface area contributed by atoms with Crippen LogP contribution in [-0.2, 0) is 4.79 Å². The second-order valence-electron chi connectivity index (χ2n) is 4.69. The van der Waals surface area contributed by atoms with Gasteiger partial charge in [-0.05, 0) is 38.1 Å². The normalized spacial score (nSPS) is 10.2. The van der Waals surface area contributed by atoms with Crippen LogP contribution < -0.4 is 10.1 Å². The second-order valence-corrected chi connectivity index (χ2v) is 4.69. The number of aliphatic carboxylic acids is 1. The molecule has 2 amide bonds. The molecule has 110 valence electrons. The van der Waals surface area contributed by atoms with E-state index < -0.39 is 5.97 Å². The Balaban J connectivity index is 2.51. The Bertz CT molecular complexity index is 457. The molecule has 0 saturated heterocycles. The number of ether oxygens (including phenoxy) is 1. The molecule has 0 fully saturated rings. The predicted octanol–water partition coefficient (Wildman–Crippen LogP) is 2.41. The van der Waals surface area contributed by atoms with Crippen molar-refractivity contribution in [3.8, 4) is 5.75 Å².